The monoisotopic (exact) mass is 445 g/mol. The van der Waals surface area contributed by atoms with E-state index in [9.17, 15) is 0 Å². The number of aryl methyl sites for hydroxylation is 1. The van der Waals surface area contributed by atoms with Crippen LogP contribution in [0.3, 0.4) is 0 Å². The zero-order valence-corrected chi connectivity index (χ0v) is 16.7. The van der Waals surface area contributed by atoms with Crippen LogP contribution in [-0.4, -0.2) is 36.5 Å². The normalized spacial score (nSPS) is 10.8. The molecule has 0 bridgehead atoms. The highest BCUT2D eigenvalue weighted by Gasteiger charge is 2.06. The Kier molecular flexibility index (Phi) is 8.37. The number of anilines is 1. The Bertz CT molecular complexity index is 672. The van der Waals surface area contributed by atoms with Crippen LogP contribution in [0.4, 0.5) is 5.69 Å². The Morgan fingerprint density at radius 2 is 1.96 bits per heavy atom. The summed E-state index contributed by atoms with van der Waals surface area (Å²) in [6.07, 6.45) is 1.76. The van der Waals surface area contributed by atoms with Crippen LogP contribution < -0.4 is 20.1 Å². The lowest BCUT2D eigenvalue weighted by atomic mass is 10.3. The van der Waals surface area contributed by atoms with E-state index in [1.165, 1.54) is 0 Å². The Hall–Kier alpha value is -1.97. The molecule has 2 N–H and O–H groups in total. The van der Waals surface area contributed by atoms with Gasteiger partial charge in [0.05, 0.1) is 26.5 Å². The molecule has 1 heterocycles. The summed E-state index contributed by atoms with van der Waals surface area (Å²) >= 11 is 0. The number of nitrogens with zero attached hydrogens (tertiary/aromatic N) is 3. The molecule has 1 aromatic heterocycles. The zero-order valence-electron chi connectivity index (χ0n) is 14.4. The highest BCUT2D eigenvalue weighted by molar-refractivity contribution is 14.0. The van der Waals surface area contributed by atoms with Gasteiger partial charge in [-0.05, 0) is 25.1 Å². The van der Waals surface area contributed by atoms with E-state index in [1.54, 1.807) is 20.4 Å². The molecule has 0 unspecified atom stereocenters. The topological polar surface area (TPSA) is 72.7 Å². The number of nitrogens with one attached hydrogen (secondary N) is 2. The molecule has 8 heteroatoms. The number of hydrogen-bond donors (Lipinski definition) is 2. The smallest absolute Gasteiger partial charge is 0.196 e. The van der Waals surface area contributed by atoms with Crippen molar-refractivity contribution >= 4 is 35.6 Å². The summed E-state index contributed by atoms with van der Waals surface area (Å²) in [6, 6.07) is 7.59. The average Bonchev–Trinajstić information content (AvgIpc) is 2.97. The molecule has 0 aliphatic rings. The third-order valence-corrected chi connectivity index (χ3v) is 3.31. The van der Waals surface area contributed by atoms with Crippen LogP contribution in [0.2, 0.25) is 0 Å². The minimum atomic E-state index is 0. The maximum Gasteiger partial charge on any atom is 0.196 e. The van der Waals surface area contributed by atoms with Gasteiger partial charge < -0.3 is 20.1 Å². The number of aromatic nitrogens is 2. The van der Waals surface area contributed by atoms with Crippen LogP contribution in [0.25, 0.3) is 0 Å². The number of ether oxygens (including phenoxy) is 2. The zero-order chi connectivity index (χ0) is 16.7. The maximum atomic E-state index is 5.32. The summed E-state index contributed by atoms with van der Waals surface area (Å²) in [6.45, 7) is 3.33. The standard InChI is InChI=1S/C16H23N5O2.HI/c1-5-17-16(18-11-13-8-9-19-21(13)2)20-12-6-7-14(22-3)15(10-12)23-4;/h6-10H,5,11H2,1-4H3,(H2,17,18,20);1H. The Labute approximate surface area is 159 Å². The molecule has 0 saturated heterocycles. The van der Waals surface area contributed by atoms with E-state index in [0.717, 1.165) is 17.9 Å². The van der Waals surface area contributed by atoms with Crippen molar-refractivity contribution in [2.75, 3.05) is 26.1 Å². The van der Waals surface area contributed by atoms with E-state index in [2.05, 4.69) is 20.7 Å². The van der Waals surface area contributed by atoms with Gasteiger partial charge in [0, 0.05) is 31.5 Å². The van der Waals surface area contributed by atoms with E-state index in [4.69, 9.17) is 9.47 Å². The number of guanidine groups is 1. The van der Waals surface area contributed by atoms with Crippen LogP contribution in [0, 0.1) is 0 Å². The molecule has 0 atom stereocenters. The molecule has 2 aromatic rings. The Morgan fingerprint density at radius 3 is 2.54 bits per heavy atom. The van der Waals surface area contributed by atoms with Gasteiger partial charge in [0.1, 0.15) is 0 Å². The quantitative estimate of drug-likeness (QED) is 0.407. The van der Waals surface area contributed by atoms with Gasteiger partial charge in [-0.15, -0.1) is 24.0 Å². The predicted octanol–water partition coefficient (Wildman–Crippen LogP) is 2.63. The molecule has 0 amide bonds. The van der Waals surface area contributed by atoms with Gasteiger partial charge in [0.2, 0.25) is 0 Å². The molecule has 0 aliphatic heterocycles. The fourth-order valence-electron chi connectivity index (χ4n) is 2.07. The maximum absolute atomic E-state index is 5.32. The molecule has 2 rings (SSSR count). The first-order valence-electron chi connectivity index (χ1n) is 7.42. The van der Waals surface area contributed by atoms with Crippen LogP contribution in [0.5, 0.6) is 11.5 Å². The lowest BCUT2D eigenvalue weighted by molar-refractivity contribution is 0.355. The largest absolute Gasteiger partial charge is 0.493 e. The van der Waals surface area contributed by atoms with Gasteiger partial charge in [0.15, 0.2) is 17.5 Å². The first-order valence-corrected chi connectivity index (χ1v) is 7.42. The van der Waals surface area contributed by atoms with E-state index >= 15 is 0 Å². The van der Waals surface area contributed by atoms with Crippen molar-refractivity contribution in [3.05, 3.63) is 36.2 Å². The second-order valence-corrected chi connectivity index (χ2v) is 4.84. The van der Waals surface area contributed by atoms with E-state index in [0.29, 0.717) is 24.0 Å². The number of benzene rings is 1. The minimum absolute atomic E-state index is 0. The highest BCUT2D eigenvalue weighted by atomic mass is 127. The van der Waals surface area contributed by atoms with Crippen LogP contribution in [0.15, 0.2) is 35.5 Å². The van der Waals surface area contributed by atoms with Crippen molar-refractivity contribution in [1.29, 1.82) is 0 Å². The lowest BCUT2D eigenvalue weighted by Gasteiger charge is -2.13. The lowest BCUT2D eigenvalue weighted by Crippen LogP contribution is -2.30. The summed E-state index contributed by atoms with van der Waals surface area (Å²) in [5, 5.41) is 10.6. The van der Waals surface area contributed by atoms with Crippen molar-refractivity contribution in [3.8, 4) is 11.5 Å². The number of rotatable bonds is 6. The van der Waals surface area contributed by atoms with Gasteiger partial charge >= 0.3 is 0 Å². The molecule has 0 spiro atoms. The first kappa shape index (κ1) is 20.1. The van der Waals surface area contributed by atoms with E-state index < -0.39 is 0 Å². The van der Waals surface area contributed by atoms with Gasteiger partial charge in [-0.2, -0.15) is 5.10 Å². The number of hydrogen-bond acceptors (Lipinski definition) is 4. The Morgan fingerprint density at radius 1 is 1.21 bits per heavy atom. The molecule has 0 radical (unpaired) electrons. The summed E-state index contributed by atoms with van der Waals surface area (Å²) in [4.78, 5) is 4.57. The van der Waals surface area contributed by atoms with Crippen molar-refractivity contribution in [3.63, 3.8) is 0 Å². The van der Waals surface area contributed by atoms with Gasteiger partial charge in [-0.1, -0.05) is 0 Å². The number of halogens is 1. The SMILES string of the molecule is CCNC(=NCc1ccnn1C)Nc1ccc(OC)c(OC)c1.I. The van der Waals surface area contributed by atoms with Gasteiger partial charge in [0.25, 0.3) is 0 Å². The van der Waals surface area contributed by atoms with Crippen LogP contribution in [-0.2, 0) is 13.6 Å². The van der Waals surface area contributed by atoms with Crippen LogP contribution in [0.1, 0.15) is 12.6 Å². The number of methoxy groups -OCH3 is 2. The molecule has 0 saturated carbocycles. The van der Waals surface area contributed by atoms with Crippen molar-refractivity contribution in [2.45, 2.75) is 13.5 Å². The summed E-state index contributed by atoms with van der Waals surface area (Å²) in [5.41, 5.74) is 1.90. The van der Waals surface area contributed by atoms with Crippen molar-refractivity contribution in [1.82, 2.24) is 15.1 Å². The Balaban J connectivity index is 0.00000288. The molecule has 7 nitrogen and oxygen atoms in total. The van der Waals surface area contributed by atoms with Crippen LogP contribution >= 0.6 is 24.0 Å². The second kappa shape index (κ2) is 10.0. The summed E-state index contributed by atoms with van der Waals surface area (Å²) in [5.74, 6) is 2.05. The molecule has 0 fully saturated rings. The molecule has 132 valence electrons. The fraction of sp³-hybridized carbons (Fsp3) is 0.375. The van der Waals surface area contributed by atoms with E-state index in [-0.39, 0.29) is 24.0 Å². The first-order chi connectivity index (χ1) is 11.2. The third kappa shape index (κ3) is 5.29. The summed E-state index contributed by atoms with van der Waals surface area (Å²) < 4.78 is 12.4. The molecular weight excluding hydrogens is 421 g/mol. The molecule has 24 heavy (non-hydrogen) atoms. The molecule has 0 aliphatic carbocycles. The van der Waals surface area contributed by atoms with Gasteiger partial charge in [-0.3, -0.25) is 4.68 Å². The number of aliphatic imine (C=N–C) groups is 1. The van der Waals surface area contributed by atoms with E-state index in [1.807, 2.05) is 42.9 Å². The minimum Gasteiger partial charge on any atom is -0.493 e. The average molecular weight is 445 g/mol. The molecular formula is C16H24IN5O2. The second-order valence-electron chi connectivity index (χ2n) is 4.84. The van der Waals surface area contributed by atoms with Gasteiger partial charge in [-0.25, -0.2) is 4.99 Å². The van der Waals surface area contributed by atoms with Crippen molar-refractivity contribution < 1.29 is 9.47 Å². The molecule has 1 aromatic carbocycles. The van der Waals surface area contributed by atoms with Crippen molar-refractivity contribution in [2.24, 2.45) is 12.0 Å². The predicted molar refractivity (Wildman–Crippen MR) is 107 cm³/mol. The third-order valence-electron chi connectivity index (χ3n) is 3.31. The fourth-order valence-corrected chi connectivity index (χ4v) is 2.07. The highest BCUT2D eigenvalue weighted by Crippen LogP contribution is 2.29. The summed E-state index contributed by atoms with van der Waals surface area (Å²) in [7, 11) is 5.13.